The fraction of sp³-hybridized carbons (Fsp3) is 0.333. The molecule has 1 N–H and O–H groups in total. The van der Waals surface area contributed by atoms with Gasteiger partial charge < -0.3 is 20.0 Å². The quantitative estimate of drug-likeness (QED) is 0.844. The zero-order valence-corrected chi connectivity index (χ0v) is 16.1. The highest BCUT2D eigenvalue weighted by molar-refractivity contribution is 5.95. The Balaban J connectivity index is 1.53. The number of nitrogens with zero attached hydrogens (tertiary/aromatic N) is 3. The van der Waals surface area contributed by atoms with Gasteiger partial charge in [0.05, 0.1) is 0 Å². The van der Waals surface area contributed by atoms with E-state index in [4.69, 9.17) is 0 Å². The van der Waals surface area contributed by atoms with Crippen LogP contribution in [0, 0.1) is 0 Å². The lowest BCUT2D eigenvalue weighted by Gasteiger charge is -2.36. The van der Waals surface area contributed by atoms with E-state index in [1.807, 2.05) is 19.0 Å². The number of ketones is 1. The summed E-state index contributed by atoms with van der Waals surface area (Å²) in [5.41, 5.74) is 3.70. The van der Waals surface area contributed by atoms with Gasteiger partial charge in [0.15, 0.2) is 5.78 Å². The molecule has 6 heteroatoms. The number of anilines is 3. The van der Waals surface area contributed by atoms with Gasteiger partial charge in [-0.2, -0.15) is 0 Å². The summed E-state index contributed by atoms with van der Waals surface area (Å²) in [5.74, 6) is 0.0163. The molecule has 6 nitrogen and oxygen atoms in total. The van der Waals surface area contributed by atoms with Crippen molar-refractivity contribution < 1.29 is 9.59 Å². The van der Waals surface area contributed by atoms with Crippen LogP contribution in [0.5, 0.6) is 0 Å². The molecule has 0 bridgehead atoms. The largest absolute Gasteiger partial charge is 0.378 e. The second-order valence-electron chi connectivity index (χ2n) is 6.95. The monoisotopic (exact) mass is 366 g/mol. The van der Waals surface area contributed by atoms with E-state index in [0.717, 1.165) is 13.1 Å². The Kier molecular flexibility index (Phi) is 5.64. The predicted octanol–water partition coefficient (Wildman–Crippen LogP) is 3.31. The summed E-state index contributed by atoms with van der Waals surface area (Å²) in [4.78, 5) is 30.0. The Morgan fingerprint density at radius 1 is 0.889 bits per heavy atom. The average Bonchev–Trinajstić information content (AvgIpc) is 2.68. The molecular formula is C21H26N4O2. The predicted molar refractivity (Wildman–Crippen MR) is 110 cm³/mol. The Bertz CT molecular complexity index is 792. The number of amides is 2. The van der Waals surface area contributed by atoms with Crippen LogP contribution in [0.3, 0.4) is 0 Å². The molecule has 0 aromatic heterocycles. The summed E-state index contributed by atoms with van der Waals surface area (Å²) in [6, 6.07) is 15.4. The van der Waals surface area contributed by atoms with Gasteiger partial charge in [0.25, 0.3) is 0 Å². The van der Waals surface area contributed by atoms with Crippen LogP contribution in [0.1, 0.15) is 17.3 Å². The van der Waals surface area contributed by atoms with Crippen molar-refractivity contribution in [1.82, 2.24) is 4.90 Å². The minimum absolute atomic E-state index is 0.0163. The molecule has 2 amide bonds. The Morgan fingerprint density at radius 3 is 2.00 bits per heavy atom. The van der Waals surface area contributed by atoms with Gasteiger partial charge in [-0.15, -0.1) is 0 Å². The maximum atomic E-state index is 12.5. The molecule has 3 rings (SSSR count). The molecule has 1 aliphatic rings. The Hall–Kier alpha value is -3.02. The van der Waals surface area contributed by atoms with Crippen molar-refractivity contribution in [3.8, 4) is 0 Å². The van der Waals surface area contributed by atoms with Crippen LogP contribution < -0.4 is 15.1 Å². The summed E-state index contributed by atoms with van der Waals surface area (Å²) >= 11 is 0. The van der Waals surface area contributed by atoms with E-state index in [0.29, 0.717) is 24.3 Å². The van der Waals surface area contributed by atoms with E-state index in [1.54, 1.807) is 24.3 Å². The van der Waals surface area contributed by atoms with Crippen molar-refractivity contribution in [2.75, 3.05) is 55.4 Å². The summed E-state index contributed by atoms with van der Waals surface area (Å²) in [6.07, 6.45) is 0. The van der Waals surface area contributed by atoms with Crippen molar-refractivity contribution in [2.45, 2.75) is 6.92 Å². The molecule has 1 heterocycles. The molecule has 0 spiro atoms. The third-order valence-corrected chi connectivity index (χ3v) is 4.84. The molecule has 0 atom stereocenters. The minimum Gasteiger partial charge on any atom is -0.378 e. The third-order valence-electron chi connectivity index (χ3n) is 4.84. The molecule has 2 aromatic rings. The maximum absolute atomic E-state index is 12.5. The maximum Gasteiger partial charge on any atom is 0.321 e. The highest BCUT2D eigenvalue weighted by Crippen LogP contribution is 2.21. The minimum atomic E-state index is -0.104. The number of hydrogen-bond acceptors (Lipinski definition) is 4. The van der Waals surface area contributed by atoms with Gasteiger partial charge in [-0.25, -0.2) is 4.79 Å². The van der Waals surface area contributed by atoms with Crippen molar-refractivity contribution in [1.29, 1.82) is 0 Å². The molecular weight excluding hydrogens is 340 g/mol. The van der Waals surface area contributed by atoms with E-state index in [2.05, 4.69) is 39.4 Å². The first-order valence-corrected chi connectivity index (χ1v) is 9.13. The molecule has 0 radical (unpaired) electrons. The lowest BCUT2D eigenvalue weighted by molar-refractivity contribution is 0.101. The molecule has 142 valence electrons. The highest BCUT2D eigenvalue weighted by atomic mass is 16.2. The third kappa shape index (κ3) is 4.58. The molecule has 0 aliphatic carbocycles. The Morgan fingerprint density at radius 2 is 1.48 bits per heavy atom. The van der Waals surface area contributed by atoms with Gasteiger partial charge in [0.1, 0.15) is 0 Å². The van der Waals surface area contributed by atoms with Crippen molar-refractivity contribution in [3.63, 3.8) is 0 Å². The van der Waals surface area contributed by atoms with Gasteiger partial charge in [-0.05, 0) is 55.5 Å². The van der Waals surface area contributed by atoms with E-state index in [1.165, 1.54) is 18.3 Å². The first-order chi connectivity index (χ1) is 12.9. The van der Waals surface area contributed by atoms with E-state index in [9.17, 15) is 9.59 Å². The molecule has 1 fully saturated rings. The van der Waals surface area contributed by atoms with Crippen LogP contribution in [-0.4, -0.2) is 57.0 Å². The second kappa shape index (κ2) is 8.12. The summed E-state index contributed by atoms with van der Waals surface area (Å²) < 4.78 is 0. The van der Waals surface area contributed by atoms with Crippen LogP contribution in [0.15, 0.2) is 48.5 Å². The number of hydrogen-bond donors (Lipinski definition) is 1. The summed E-state index contributed by atoms with van der Waals surface area (Å²) in [6.45, 7) is 4.48. The molecule has 27 heavy (non-hydrogen) atoms. The second-order valence-corrected chi connectivity index (χ2v) is 6.95. The van der Waals surface area contributed by atoms with Crippen molar-refractivity contribution in [2.24, 2.45) is 0 Å². The average molecular weight is 366 g/mol. The van der Waals surface area contributed by atoms with Gasteiger partial charge in [0.2, 0.25) is 0 Å². The molecule has 1 aliphatic heterocycles. The van der Waals surface area contributed by atoms with Crippen LogP contribution in [-0.2, 0) is 0 Å². The first kappa shape index (κ1) is 18.8. The molecule has 2 aromatic carbocycles. The first-order valence-electron chi connectivity index (χ1n) is 9.13. The van der Waals surface area contributed by atoms with E-state index in [-0.39, 0.29) is 11.8 Å². The van der Waals surface area contributed by atoms with Crippen LogP contribution in [0.2, 0.25) is 0 Å². The van der Waals surface area contributed by atoms with Crippen LogP contribution in [0.4, 0.5) is 21.9 Å². The van der Waals surface area contributed by atoms with E-state index >= 15 is 0 Å². The van der Waals surface area contributed by atoms with Crippen LogP contribution >= 0.6 is 0 Å². The normalized spacial score (nSPS) is 14.0. The summed E-state index contributed by atoms with van der Waals surface area (Å²) in [7, 11) is 4.06. The van der Waals surface area contributed by atoms with E-state index < -0.39 is 0 Å². The number of piperazine rings is 1. The van der Waals surface area contributed by atoms with Crippen molar-refractivity contribution in [3.05, 3.63) is 54.1 Å². The Labute approximate surface area is 160 Å². The number of rotatable bonds is 4. The molecule has 0 unspecified atom stereocenters. The van der Waals surface area contributed by atoms with Crippen LogP contribution in [0.25, 0.3) is 0 Å². The molecule has 1 saturated heterocycles. The zero-order chi connectivity index (χ0) is 19.4. The number of carbonyl (C=O) groups is 2. The number of nitrogens with one attached hydrogen (secondary N) is 1. The topological polar surface area (TPSA) is 55.9 Å². The smallest absolute Gasteiger partial charge is 0.321 e. The number of carbonyl (C=O) groups excluding carboxylic acids is 2. The number of benzene rings is 2. The van der Waals surface area contributed by atoms with Gasteiger partial charge >= 0.3 is 6.03 Å². The van der Waals surface area contributed by atoms with Gasteiger partial charge in [0, 0.05) is 62.9 Å². The standard InChI is InChI=1S/C21H26N4O2/c1-16(26)17-4-6-18(7-5-17)22-21(27)25-14-12-24(13-15-25)20-10-8-19(9-11-20)23(2)3/h4-11H,12-15H2,1-3H3,(H,22,27). The van der Waals surface area contributed by atoms with Gasteiger partial charge in [-0.3, -0.25) is 4.79 Å². The van der Waals surface area contributed by atoms with Gasteiger partial charge in [-0.1, -0.05) is 0 Å². The number of Topliss-reactive ketones (excluding diaryl/α,β-unsaturated/α-hetero) is 1. The fourth-order valence-corrected chi connectivity index (χ4v) is 3.12. The SMILES string of the molecule is CC(=O)c1ccc(NC(=O)N2CCN(c3ccc(N(C)C)cc3)CC2)cc1. The zero-order valence-electron chi connectivity index (χ0n) is 16.1. The number of urea groups is 1. The lowest BCUT2D eigenvalue weighted by atomic mass is 10.1. The fourth-order valence-electron chi connectivity index (χ4n) is 3.12. The highest BCUT2D eigenvalue weighted by Gasteiger charge is 2.21. The van der Waals surface area contributed by atoms with Crippen molar-refractivity contribution >= 4 is 28.9 Å². The summed E-state index contributed by atoms with van der Waals surface area (Å²) in [5, 5.41) is 2.90. The molecule has 0 saturated carbocycles. The lowest BCUT2D eigenvalue weighted by Crippen LogP contribution is -2.50.